The molecule has 0 atom stereocenters. The van der Waals surface area contributed by atoms with Gasteiger partial charge in [-0.2, -0.15) is 0 Å². The van der Waals surface area contributed by atoms with Crippen molar-refractivity contribution in [1.82, 2.24) is 9.80 Å². The van der Waals surface area contributed by atoms with Crippen LogP contribution in [-0.2, 0) is 5.41 Å². The molecule has 0 aliphatic carbocycles. The van der Waals surface area contributed by atoms with Gasteiger partial charge >= 0.3 is 0 Å². The number of piperazine rings is 1. The Bertz CT molecular complexity index is 643. The van der Waals surface area contributed by atoms with E-state index in [0.717, 1.165) is 45.1 Å². The Hall–Kier alpha value is -1.84. The molecule has 1 fully saturated rings. The Kier molecular flexibility index (Phi) is 5.77. The minimum absolute atomic E-state index is 0.000379. The van der Waals surface area contributed by atoms with Gasteiger partial charge in [-0.15, -0.1) is 0 Å². The third-order valence-corrected chi connectivity index (χ3v) is 5.34. The number of hydrogen-bond acceptors (Lipinski definition) is 3. The summed E-state index contributed by atoms with van der Waals surface area (Å²) in [4.78, 5) is 4.86. The van der Waals surface area contributed by atoms with Crippen molar-refractivity contribution in [3.63, 3.8) is 0 Å². The van der Waals surface area contributed by atoms with E-state index in [1.54, 1.807) is 0 Å². The Morgan fingerprint density at radius 3 is 2.08 bits per heavy atom. The fourth-order valence-corrected chi connectivity index (χ4v) is 3.35. The first-order chi connectivity index (χ1) is 12.1. The summed E-state index contributed by atoms with van der Waals surface area (Å²) >= 11 is 0. The zero-order valence-corrected chi connectivity index (χ0v) is 15.7. The molecule has 0 bridgehead atoms. The highest BCUT2D eigenvalue weighted by Crippen LogP contribution is 2.32. The number of hydrogen-bond donors (Lipinski definition) is 0. The summed E-state index contributed by atoms with van der Waals surface area (Å²) in [7, 11) is 2.19. The standard InChI is InChI=1S/C22H30N2O/c1-22(2,19-7-5-4-6-8-19)20-9-11-21(12-10-20)25-18-17-24-15-13-23(3)14-16-24/h4-12H,13-18H2,1-3H3. The van der Waals surface area contributed by atoms with E-state index in [9.17, 15) is 0 Å². The van der Waals surface area contributed by atoms with Gasteiger partial charge < -0.3 is 9.64 Å². The second-order valence-electron chi connectivity index (χ2n) is 7.51. The number of likely N-dealkylation sites (N-methyl/N-ethyl adjacent to an activating group) is 1. The van der Waals surface area contributed by atoms with E-state index in [0.29, 0.717) is 0 Å². The highest BCUT2D eigenvalue weighted by Gasteiger charge is 2.22. The quantitative estimate of drug-likeness (QED) is 0.800. The first-order valence-electron chi connectivity index (χ1n) is 9.25. The van der Waals surface area contributed by atoms with E-state index in [1.807, 2.05) is 0 Å². The van der Waals surface area contributed by atoms with Crippen molar-refractivity contribution in [3.05, 3.63) is 65.7 Å². The first-order valence-corrected chi connectivity index (χ1v) is 9.25. The lowest BCUT2D eigenvalue weighted by molar-refractivity contribution is 0.133. The maximum atomic E-state index is 5.95. The van der Waals surface area contributed by atoms with Crippen molar-refractivity contribution < 1.29 is 4.74 Å². The van der Waals surface area contributed by atoms with E-state index < -0.39 is 0 Å². The Morgan fingerprint density at radius 2 is 1.44 bits per heavy atom. The molecule has 0 amide bonds. The summed E-state index contributed by atoms with van der Waals surface area (Å²) in [5, 5.41) is 0. The molecule has 1 aliphatic rings. The summed E-state index contributed by atoms with van der Waals surface area (Å²) in [5.74, 6) is 0.960. The molecule has 0 saturated carbocycles. The largest absolute Gasteiger partial charge is 0.492 e. The number of rotatable bonds is 6. The van der Waals surface area contributed by atoms with Crippen LogP contribution in [0.15, 0.2) is 54.6 Å². The molecule has 0 radical (unpaired) electrons. The highest BCUT2D eigenvalue weighted by atomic mass is 16.5. The van der Waals surface area contributed by atoms with Gasteiger partial charge in [0.05, 0.1) is 0 Å². The van der Waals surface area contributed by atoms with E-state index in [4.69, 9.17) is 4.74 Å². The van der Waals surface area contributed by atoms with Crippen LogP contribution in [0.5, 0.6) is 5.75 Å². The molecule has 3 heteroatoms. The molecule has 1 aliphatic heterocycles. The van der Waals surface area contributed by atoms with Gasteiger partial charge in [-0.05, 0) is 30.3 Å². The third kappa shape index (κ3) is 4.62. The van der Waals surface area contributed by atoms with Gasteiger partial charge in [0.1, 0.15) is 12.4 Å². The zero-order valence-electron chi connectivity index (χ0n) is 15.7. The molecule has 0 N–H and O–H groups in total. The minimum atomic E-state index is -0.000379. The molecule has 3 nitrogen and oxygen atoms in total. The average molecular weight is 338 g/mol. The normalized spacial score (nSPS) is 16.8. The summed E-state index contributed by atoms with van der Waals surface area (Å²) < 4.78 is 5.95. The van der Waals surface area contributed by atoms with Gasteiger partial charge in [0.2, 0.25) is 0 Å². The number of ether oxygens (including phenoxy) is 1. The molecule has 25 heavy (non-hydrogen) atoms. The SMILES string of the molecule is CN1CCN(CCOc2ccc(C(C)(C)c3ccccc3)cc2)CC1. The molecular formula is C22H30N2O. The summed E-state index contributed by atoms with van der Waals surface area (Å²) in [5.41, 5.74) is 2.64. The van der Waals surface area contributed by atoms with Crippen LogP contribution >= 0.6 is 0 Å². The lowest BCUT2D eigenvalue weighted by Crippen LogP contribution is -2.45. The second kappa shape index (κ2) is 8.03. The van der Waals surface area contributed by atoms with Gasteiger partial charge in [0.25, 0.3) is 0 Å². The van der Waals surface area contributed by atoms with Gasteiger partial charge in [-0.3, -0.25) is 4.90 Å². The topological polar surface area (TPSA) is 15.7 Å². The van der Waals surface area contributed by atoms with Crippen molar-refractivity contribution in [1.29, 1.82) is 0 Å². The molecule has 1 heterocycles. The lowest BCUT2D eigenvalue weighted by atomic mass is 9.78. The fraction of sp³-hybridized carbons (Fsp3) is 0.455. The molecular weight excluding hydrogens is 308 g/mol. The molecule has 2 aromatic carbocycles. The monoisotopic (exact) mass is 338 g/mol. The molecule has 134 valence electrons. The van der Waals surface area contributed by atoms with Gasteiger partial charge in [0.15, 0.2) is 0 Å². The van der Waals surface area contributed by atoms with Gasteiger partial charge in [0, 0.05) is 38.1 Å². The molecule has 2 aromatic rings. The first kappa shape index (κ1) is 18.0. The summed E-state index contributed by atoms with van der Waals surface area (Å²) in [6.45, 7) is 10.9. The number of benzene rings is 2. The molecule has 3 rings (SSSR count). The second-order valence-corrected chi connectivity index (χ2v) is 7.51. The smallest absolute Gasteiger partial charge is 0.119 e. The maximum Gasteiger partial charge on any atom is 0.119 e. The highest BCUT2D eigenvalue weighted by molar-refractivity contribution is 5.39. The predicted octanol–water partition coefficient (Wildman–Crippen LogP) is 3.64. The molecule has 0 aromatic heterocycles. The van der Waals surface area contributed by atoms with Crippen LogP contribution in [0.2, 0.25) is 0 Å². The van der Waals surface area contributed by atoms with E-state index in [-0.39, 0.29) is 5.41 Å². The van der Waals surface area contributed by atoms with Crippen LogP contribution in [0.3, 0.4) is 0 Å². The Balaban J connectivity index is 1.54. The Morgan fingerprint density at radius 1 is 0.840 bits per heavy atom. The van der Waals surface area contributed by atoms with Crippen molar-refractivity contribution >= 4 is 0 Å². The fourth-order valence-electron chi connectivity index (χ4n) is 3.35. The number of nitrogens with zero attached hydrogens (tertiary/aromatic N) is 2. The van der Waals surface area contributed by atoms with Gasteiger partial charge in [-0.1, -0.05) is 56.3 Å². The van der Waals surface area contributed by atoms with Crippen LogP contribution in [0.25, 0.3) is 0 Å². The van der Waals surface area contributed by atoms with E-state index in [1.165, 1.54) is 11.1 Å². The van der Waals surface area contributed by atoms with E-state index in [2.05, 4.69) is 85.3 Å². The summed E-state index contributed by atoms with van der Waals surface area (Å²) in [6, 6.07) is 19.3. The molecule has 1 saturated heterocycles. The summed E-state index contributed by atoms with van der Waals surface area (Å²) in [6.07, 6.45) is 0. The molecule has 0 unspecified atom stereocenters. The molecule has 0 spiro atoms. The van der Waals surface area contributed by atoms with Crippen molar-refractivity contribution in [3.8, 4) is 5.75 Å². The van der Waals surface area contributed by atoms with Crippen molar-refractivity contribution in [2.45, 2.75) is 19.3 Å². The van der Waals surface area contributed by atoms with Crippen LogP contribution in [0, 0.1) is 0 Å². The van der Waals surface area contributed by atoms with Crippen LogP contribution in [0.4, 0.5) is 0 Å². The zero-order chi connectivity index (χ0) is 17.7. The maximum absolute atomic E-state index is 5.95. The van der Waals surface area contributed by atoms with Crippen molar-refractivity contribution in [2.24, 2.45) is 0 Å². The predicted molar refractivity (Wildman–Crippen MR) is 104 cm³/mol. The van der Waals surface area contributed by atoms with Crippen LogP contribution in [0.1, 0.15) is 25.0 Å². The van der Waals surface area contributed by atoms with Crippen molar-refractivity contribution in [2.75, 3.05) is 46.4 Å². The average Bonchev–Trinajstić information content (AvgIpc) is 2.64. The van der Waals surface area contributed by atoms with Crippen LogP contribution in [-0.4, -0.2) is 56.2 Å². The minimum Gasteiger partial charge on any atom is -0.492 e. The lowest BCUT2D eigenvalue weighted by Gasteiger charge is -2.32. The van der Waals surface area contributed by atoms with E-state index >= 15 is 0 Å². The van der Waals surface area contributed by atoms with Gasteiger partial charge in [-0.25, -0.2) is 0 Å². The van der Waals surface area contributed by atoms with Crippen LogP contribution < -0.4 is 4.74 Å². The Labute approximate surface area is 152 Å². The third-order valence-electron chi connectivity index (χ3n) is 5.34.